The number of carbonyl (C=O) groups is 1. The van der Waals surface area contributed by atoms with Crippen LogP contribution in [0, 0.1) is 16.0 Å². The van der Waals surface area contributed by atoms with Crippen molar-refractivity contribution in [3.05, 3.63) is 39.9 Å². The second-order valence-electron chi connectivity index (χ2n) is 7.99. The maximum Gasteiger partial charge on any atom is 0.326 e. The van der Waals surface area contributed by atoms with Gasteiger partial charge in [-0.2, -0.15) is 4.98 Å². The summed E-state index contributed by atoms with van der Waals surface area (Å²) in [5.41, 5.74) is 0.956. The molecule has 34 heavy (non-hydrogen) atoms. The van der Waals surface area contributed by atoms with E-state index in [2.05, 4.69) is 10.3 Å². The molecule has 0 unspecified atom stereocenters. The van der Waals surface area contributed by atoms with Gasteiger partial charge in [0, 0.05) is 25.7 Å². The quantitative estimate of drug-likeness (QED) is 0.300. The SMILES string of the molecule is CCOC(=O)C1CCN(c2nc(NCc3ccc4c(c3)OCO4)c3cc([N+](=O)[O-])sc3n2)CC1. The number of nitro groups is 1. The Morgan fingerprint density at radius 1 is 1.26 bits per heavy atom. The molecule has 178 valence electrons. The van der Waals surface area contributed by atoms with Crippen molar-refractivity contribution in [2.45, 2.75) is 26.3 Å². The van der Waals surface area contributed by atoms with Gasteiger partial charge in [-0.25, -0.2) is 4.98 Å². The van der Waals surface area contributed by atoms with Gasteiger partial charge in [0.1, 0.15) is 10.6 Å². The Kier molecular flexibility index (Phi) is 6.05. The van der Waals surface area contributed by atoms with Gasteiger partial charge < -0.3 is 24.4 Å². The molecule has 1 N–H and O–H groups in total. The lowest BCUT2D eigenvalue weighted by Crippen LogP contribution is -2.38. The Balaban J connectivity index is 1.39. The Morgan fingerprint density at radius 2 is 2.06 bits per heavy atom. The molecule has 0 aliphatic carbocycles. The summed E-state index contributed by atoms with van der Waals surface area (Å²) in [7, 11) is 0. The van der Waals surface area contributed by atoms with Crippen LogP contribution in [0.4, 0.5) is 16.8 Å². The van der Waals surface area contributed by atoms with E-state index in [1.807, 2.05) is 23.1 Å². The number of fused-ring (bicyclic) bond motifs is 2. The summed E-state index contributed by atoms with van der Waals surface area (Å²) in [4.78, 5) is 34.9. The molecule has 12 heteroatoms. The fraction of sp³-hybridized carbons (Fsp3) is 0.409. The number of anilines is 2. The summed E-state index contributed by atoms with van der Waals surface area (Å²) in [5.74, 6) is 2.10. The molecular weight excluding hydrogens is 462 g/mol. The van der Waals surface area contributed by atoms with Crippen molar-refractivity contribution >= 4 is 44.3 Å². The lowest BCUT2D eigenvalue weighted by molar-refractivity contribution is -0.380. The normalized spacial score (nSPS) is 15.5. The summed E-state index contributed by atoms with van der Waals surface area (Å²) in [5, 5.41) is 15.3. The third-order valence-electron chi connectivity index (χ3n) is 5.84. The zero-order valence-electron chi connectivity index (χ0n) is 18.5. The fourth-order valence-electron chi connectivity index (χ4n) is 4.08. The highest BCUT2D eigenvalue weighted by Gasteiger charge is 2.28. The average molecular weight is 486 g/mol. The summed E-state index contributed by atoms with van der Waals surface area (Å²) >= 11 is 1.02. The molecule has 0 bridgehead atoms. The van der Waals surface area contributed by atoms with Gasteiger partial charge in [0.15, 0.2) is 11.5 Å². The van der Waals surface area contributed by atoms with Crippen molar-refractivity contribution in [1.82, 2.24) is 9.97 Å². The standard InChI is InChI=1S/C22H23N5O6S/c1-2-31-21(28)14-5-7-26(8-6-14)22-24-19(15-10-18(27(29)30)34-20(15)25-22)23-11-13-3-4-16-17(9-13)33-12-32-16/h3-4,9-10,14H,2,5-8,11-12H2,1H3,(H,23,24,25). The highest BCUT2D eigenvalue weighted by atomic mass is 32.1. The number of esters is 1. The highest BCUT2D eigenvalue weighted by Crippen LogP contribution is 2.37. The maximum absolute atomic E-state index is 12.1. The number of nitrogens with one attached hydrogen (secondary N) is 1. The van der Waals surface area contributed by atoms with E-state index in [1.165, 1.54) is 6.07 Å². The molecule has 2 aliphatic heterocycles. The zero-order valence-corrected chi connectivity index (χ0v) is 19.3. The molecule has 1 saturated heterocycles. The molecule has 0 spiro atoms. The summed E-state index contributed by atoms with van der Waals surface area (Å²) < 4.78 is 15.9. The van der Waals surface area contributed by atoms with Crippen LogP contribution in [0.1, 0.15) is 25.3 Å². The minimum Gasteiger partial charge on any atom is -0.466 e. The molecule has 2 aromatic heterocycles. The van der Waals surface area contributed by atoms with E-state index in [-0.39, 0.29) is 23.7 Å². The van der Waals surface area contributed by atoms with Gasteiger partial charge in [-0.05, 0) is 48.8 Å². The smallest absolute Gasteiger partial charge is 0.326 e. The molecule has 2 aliphatic rings. The van der Waals surface area contributed by atoms with E-state index in [0.29, 0.717) is 72.6 Å². The molecule has 4 heterocycles. The third-order valence-corrected chi connectivity index (χ3v) is 6.82. The van der Waals surface area contributed by atoms with E-state index in [9.17, 15) is 14.9 Å². The fourth-order valence-corrected chi connectivity index (χ4v) is 4.92. The van der Waals surface area contributed by atoms with Gasteiger partial charge in [0.2, 0.25) is 12.7 Å². The Bertz CT molecular complexity index is 1240. The monoisotopic (exact) mass is 485 g/mol. The van der Waals surface area contributed by atoms with Crippen LogP contribution in [0.25, 0.3) is 10.2 Å². The molecule has 1 aromatic carbocycles. The van der Waals surface area contributed by atoms with Crippen molar-refractivity contribution < 1.29 is 23.9 Å². The number of piperidine rings is 1. The number of ether oxygens (including phenoxy) is 3. The van der Waals surface area contributed by atoms with Crippen molar-refractivity contribution in [3.8, 4) is 11.5 Å². The van der Waals surface area contributed by atoms with Gasteiger partial charge in [-0.3, -0.25) is 14.9 Å². The molecule has 0 saturated carbocycles. The summed E-state index contributed by atoms with van der Waals surface area (Å²) in [6.07, 6.45) is 1.29. The highest BCUT2D eigenvalue weighted by molar-refractivity contribution is 7.21. The number of hydrogen-bond donors (Lipinski definition) is 1. The number of benzene rings is 1. The number of rotatable bonds is 7. The van der Waals surface area contributed by atoms with Crippen LogP contribution in [0.2, 0.25) is 0 Å². The van der Waals surface area contributed by atoms with Gasteiger partial charge in [0.25, 0.3) is 0 Å². The minimum absolute atomic E-state index is 0.00796. The Labute approximate surface area is 198 Å². The third kappa shape index (κ3) is 4.40. The van der Waals surface area contributed by atoms with Crippen LogP contribution in [0.3, 0.4) is 0 Å². The molecule has 0 atom stereocenters. The Morgan fingerprint density at radius 3 is 2.82 bits per heavy atom. The zero-order chi connectivity index (χ0) is 23.7. The molecule has 0 radical (unpaired) electrons. The van der Waals surface area contributed by atoms with E-state index in [4.69, 9.17) is 19.2 Å². The molecule has 0 amide bonds. The predicted molar refractivity (Wildman–Crippen MR) is 126 cm³/mol. The topological polar surface area (TPSA) is 129 Å². The molecule has 11 nitrogen and oxygen atoms in total. The number of nitrogens with zero attached hydrogens (tertiary/aromatic N) is 4. The maximum atomic E-state index is 12.1. The van der Waals surface area contributed by atoms with Crippen LogP contribution in [-0.2, 0) is 16.1 Å². The second kappa shape index (κ2) is 9.29. The first-order chi connectivity index (χ1) is 16.5. The summed E-state index contributed by atoms with van der Waals surface area (Å²) in [6, 6.07) is 7.17. The number of aromatic nitrogens is 2. The molecule has 3 aromatic rings. The van der Waals surface area contributed by atoms with Crippen LogP contribution >= 0.6 is 11.3 Å². The van der Waals surface area contributed by atoms with Gasteiger partial charge in [-0.15, -0.1) is 0 Å². The number of carbonyl (C=O) groups excluding carboxylic acids is 1. The first-order valence-electron chi connectivity index (χ1n) is 11.0. The molecule has 5 rings (SSSR count). The first kappa shape index (κ1) is 22.1. The predicted octanol–water partition coefficient (Wildman–Crippen LogP) is 3.72. The Hall–Kier alpha value is -3.67. The van der Waals surface area contributed by atoms with Crippen LogP contribution in [-0.4, -0.2) is 47.3 Å². The van der Waals surface area contributed by atoms with Crippen molar-refractivity contribution in [2.75, 3.05) is 36.7 Å². The van der Waals surface area contributed by atoms with Crippen molar-refractivity contribution in [2.24, 2.45) is 5.92 Å². The lowest BCUT2D eigenvalue weighted by Gasteiger charge is -2.31. The lowest BCUT2D eigenvalue weighted by atomic mass is 9.97. The van der Waals surface area contributed by atoms with E-state index in [1.54, 1.807) is 6.92 Å². The van der Waals surface area contributed by atoms with Gasteiger partial charge >= 0.3 is 11.0 Å². The van der Waals surface area contributed by atoms with Crippen molar-refractivity contribution in [3.63, 3.8) is 0 Å². The van der Waals surface area contributed by atoms with E-state index >= 15 is 0 Å². The number of thiophene rings is 1. The van der Waals surface area contributed by atoms with Crippen LogP contribution < -0.4 is 19.7 Å². The molecule has 1 fully saturated rings. The van der Waals surface area contributed by atoms with Gasteiger partial charge in [-0.1, -0.05) is 6.07 Å². The van der Waals surface area contributed by atoms with Crippen LogP contribution in [0.15, 0.2) is 24.3 Å². The molecular formula is C22H23N5O6S. The van der Waals surface area contributed by atoms with Gasteiger partial charge in [0.05, 0.1) is 22.8 Å². The average Bonchev–Trinajstić information content (AvgIpc) is 3.49. The first-order valence-corrected chi connectivity index (χ1v) is 11.8. The second-order valence-corrected chi connectivity index (χ2v) is 9.00. The minimum atomic E-state index is -0.418. The van der Waals surface area contributed by atoms with E-state index < -0.39 is 4.92 Å². The summed E-state index contributed by atoms with van der Waals surface area (Å²) in [6.45, 7) is 4.02. The van der Waals surface area contributed by atoms with Crippen LogP contribution in [0.5, 0.6) is 11.5 Å². The number of hydrogen-bond acceptors (Lipinski definition) is 11. The largest absolute Gasteiger partial charge is 0.466 e. The van der Waals surface area contributed by atoms with E-state index in [0.717, 1.165) is 16.9 Å². The van der Waals surface area contributed by atoms with Crippen molar-refractivity contribution in [1.29, 1.82) is 0 Å².